The Morgan fingerprint density at radius 3 is 0.935 bits per heavy atom. The van der Waals surface area contributed by atoms with Gasteiger partial charge in [-0.05, 0) is 217 Å². The van der Waals surface area contributed by atoms with E-state index in [9.17, 15) is 33.6 Å². The molecule has 0 aromatic carbocycles. The van der Waals surface area contributed by atoms with E-state index in [1.807, 2.05) is 13.8 Å². The zero-order valence-electron chi connectivity index (χ0n) is 49.3. The van der Waals surface area contributed by atoms with Gasteiger partial charge in [0.25, 0.3) is 0 Å². The molecule has 0 amide bonds. The van der Waals surface area contributed by atoms with Crippen molar-refractivity contribution < 1.29 is 66.7 Å². The van der Waals surface area contributed by atoms with E-state index >= 15 is 0 Å². The fourth-order valence-corrected chi connectivity index (χ4v) is 17.9. The number of alkyl halides is 6. The first-order chi connectivity index (χ1) is 43.7. The Kier molecular flexibility index (Phi) is 50.0. The zero-order valence-corrected chi connectivity index (χ0v) is 81.1. The monoisotopic (exact) mass is 2570 g/mol. The second-order valence-corrected chi connectivity index (χ2v) is 38.9. The lowest BCUT2D eigenvalue weighted by Crippen LogP contribution is -2.10. The zero-order chi connectivity index (χ0) is 71.1. The van der Waals surface area contributed by atoms with Crippen LogP contribution in [0, 0.1) is 0 Å². The molecule has 0 aromatic rings. The fourth-order valence-electron chi connectivity index (χ4n) is 7.19. The van der Waals surface area contributed by atoms with Crippen LogP contribution >= 0.6 is 319 Å². The quantitative estimate of drug-likeness (QED) is 0.0546. The molecule has 0 saturated carbocycles. The summed E-state index contributed by atoms with van der Waals surface area (Å²) in [4.78, 5) is 85.4. The van der Waals surface area contributed by atoms with E-state index in [1.54, 1.807) is 38.2 Å². The van der Waals surface area contributed by atoms with E-state index < -0.39 is 0 Å². The van der Waals surface area contributed by atoms with Crippen molar-refractivity contribution in [2.75, 3.05) is 0 Å². The van der Waals surface area contributed by atoms with Crippen molar-refractivity contribution in [2.45, 2.75) is 148 Å². The summed E-state index contributed by atoms with van der Waals surface area (Å²) >= 11 is 65.4. The van der Waals surface area contributed by atoms with E-state index in [0.717, 1.165) is 60.3 Å². The largest absolute Gasteiger partial charge is 0.422 e. The highest BCUT2D eigenvalue weighted by molar-refractivity contribution is 9.29. The fraction of sp³-hybridized carbons (Fsp3) is 0.407. The van der Waals surface area contributed by atoms with Crippen LogP contribution in [0.15, 0.2) is 146 Å². The van der Waals surface area contributed by atoms with Crippen molar-refractivity contribution in [3.05, 3.63) is 146 Å². The summed E-state index contributed by atoms with van der Waals surface area (Å²) in [6.45, 7) is 12.2. The van der Waals surface area contributed by atoms with Crippen LogP contribution in [-0.4, -0.2) is 70.7 Å². The normalized spacial score (nSPS) is 20.0. The van der Waals surface area contributed by atoms with Gasteiger partial charge in [-0.2, -0.15) is 0 Å². The molecule has 6 unspecified atom stereocenters. The molecule has 93 heavy (non-hydrogen) atoms. The number of cyclic esters (lactones) is 7. The number of carbonyl (C=O) groups is 7. The lowest BCUT2D eigenvalue weighted by molar-refractivity contribution is -0.134. The highest BCUT2D eigenvalue weighted by Crippen LogP contribution is 2.40. The van der Waals surface area contributed by atoms with Gasteiger partial charge in [0.2, 0.25) is 0 Å². The van der Waals surface area contributed by atoms with Gasteiger partial charge in [0.1, 0.15) is 10.2 Å². The molecular weight excluding hydrogens is 2530 g/mol. The van der Waals surface area contributed by atoms with Crippen molar-refractivity contribution in [3.8, 4) is 0 Å². The van der Waals surface area contributed by atoms with Crippen molar-refractivity contribution in [1.29, 1.82) is 0 Å². The highest BCUT2D eigenvalue weighted by Gasteiger charge is 2.35. The maximum Gasteiger partial charge on any atom is 0.341 e. The van der Waals surface area contributed by atoms with Gasteiger partial charge in [0, 0.05) is 55.0 Å². The standard InChI is InChI=1S/2C11H13Br3O2.2C9H9Br3O2.2C7H5Br3O2.C5H2Br2O2/c1-2-3-4-5-8(12)7-6-9(10(13)14)16-11(7)15;1-2-3-4-5-7(13)9-10(14)8(6-12)16-11(9)15;1-2-3-6(10)5-4-7(8(11)12)14-9(5)13;1-2-3-5(11)7-8(12)6(4-10)14-9(7)13;1-3(9)5-6(10)4(2-8)12-7(5)11;1-3(8)4-2-5(6(9)10)12-7(4)11;6-2-4-3(7)1-5(8)9-4/h6,8H,2-5H2,1H3;6-7H,2-5H2,1H3;4,6H,2-3H2,1H3;4-5H,2-3H2,1H3;2*2-3H,1H3;1-2H/b;8-6-;;6-4-;4-2-;;4-2-. The van der Waals surface area contributed by atoms with Crippen LogP contribution in [0.4, 0.5) is 0 Å². The summed E-state index contributed by atoms with van der Waals surface area (Å²) in [6.07, 6.45) is 19.3. The van der Waals surface area contributed by atoms with Crippen LogP contribution in [0.25, 0.3) is 0 Å². The summed E-state index contributed by atoms with van der Waals surface area (Å²) in [5, 5.41) is 0. The van der Waals surface area contributed by atoms with Crippen LogP contribution in [-0.2, 0) is 66.7 Å². The maximum atomic E-state index is 11.6. The van der Waals surface area contributed by atoms with Gasteiger partial charge in [0.05, 0.1) is 51.4 Å². The first-order valence-corrected chi connectivity index (χ1v) is 44.3. The smallest absolute Gasteiger partial charge is 0.341 e. The third kappa shape index (κ3) is 32.0. The van der Waals surface area contributed by atoms with Gasteiger partial charge in [-0.25, -0.2) is 33.6 Å². The number of unbranched alkanes of at least 4 members (excludes halogenated alkanes) is 4. The predicted octanol–water partition coefficient (Wildman–Crippen LogP) is 26.0. The van der Waals surface area contributed by atoms with Crippen LogP contribution in [0.5, 0.6) is 0 Å². The predicted molar refractivity (Wildman–Crippen MR) is 440 cm³/mol. The topological polar surface area (TPSA) is 184 Å². The molecule has 516 valence electrons. The Bertz CT molecular complexity index is 3200. The maximum absolute atomic E-state index is 11.6. The van der Waals surface area contributed by atoms with E-state index in [0.29, 0.717) is 92.9 Å². The van der Waals surface area contributed by atoms with Gasteiger partial charge in [-0.15, -0.1) is 0 Å². The number of halogens is 20. The van der Waals surface area contributed by atoms with Crippen molar-refractivity contribution in [2.24, 2.45) is 0 Å². The molecule has 7 aliphatic heterocycles. The Labute approximate surface area is 710 Å². The number of carbonyl (C=O) groups excluding carboxylic acids is 7. The summed E-state index contributed by atoms with van der Waals surface area (Å²) in [6, 6.07) is 0. The number of rotatable bonds is 18. The molecular formula is C59H56Br20O14. The Hall–Kier alpha value is 2.25. The van der Waals surface area contributed by atoms with Crippen molar-refractivity contribution >= 4 is 360 Å². The molecule has 7 heterocycles. The molecule has 7 rings (SSSR count). The average Bonchev–Trinajstić information content (AvgIpc) is 1.75. The first kappa shape index (κ1) is 93.3. The van der Waals surface area contributed by atoms with E-state index in [4.69, 9.17) is 28.4 Å². The third-order valence-corrected chi connectivity index (χ3v) is 23.5. The van der Waals surface area contributed by atoms with Crippen LogP contribution < -0.4 is 0 Å². The second-order valence-electron chi connectivity index (χ2n) is 18.7. The SMILES string of the molecule is CC(Br)C1=C(Br)/C(=C/Br)OC1=O.CC(Br)C1=CC(=C(Br)Br)OC1=O.CCCC(Br)C1=C(Br)/C(=C/Br)OC1=O.CCCC(Br)C1=CC(=C(Br)Br)OC1=O.CCCCCC(Br)C1=C(Br)/C(=C/Br)OC1=O.CCCCCC(Br)C1=CC(=C(Br)Br)OC1=O.O=C1C=C(Br)/C(=C/Br)O1. The molecule has 6 atom stereocenters. The Morgan fingerprint density at radius 1 is 0.366 bits per heavy atom. The number of ether oxygens (including phenoxy) is 7. The summed E-state index contributed by atoms with van der Waals surface area (Å²) in [5.41, 5.74) is 3.96. The van der Waals surface area contributed by atoms with Gasteiger partial charge in [0.15, 0.2) is 40.3 Å². The molecule has 0 aromatic heterocycles. The lowest BCUT2D eigenvalue weighted by atomic mass is 10.1. The van der Waals surface area contributed by atoms with Crippen molar-refractivity contribution in [1.82, 2.24) is 0 Å². The van der Waals surface area contributed by atoms with Crippen molar-refractivity contribution in [3.63, 3.8) is 0 Å². The molecule has 0 fully saturated rings. The number of hydrogen-bond donors (Lipinski definition) is 0. The minimum absolute atomic E-state index is 0.00988. The number of hydrogen-bond acceptors (Lipinski definition) is 14. The molecule has 0 saturated heterocycles. The Morgan fingerprint density at radius 2 is 0.677 bits per heavy atom. The van der Waals surface area contributed by atoms with Gasteiger partial charge in [-0.1, -0.05) is 238 Å². The molecule has 0 bridgehead atoms. The summed E-state index contributed by atoms with van der Waals surface area (Å²) < 4.78 is 39.5. The molecule has 0 aliphatic carbocycles. The molecule has 34 heteroatoms. The van der Waals surface area contributed by atoms with E-state index in [2.05, 4.69) is 351 Å². The van der Waals surface area contributed by atoms with Gasteiger partial charge >= 0.3 is 41.8 Å². The summed E-state index contributed by atoms with van der Waals surface area (Å²) in [5.74, 6) is 1.67. The molecule has 0 radical (unpaired) electrons. The minimum Gasteiger partial charge on any atom is -0.422 e. The van der Waals surface area contributed by atoms with Gasteiger partial charge < -0.3 is 33.2 Å². The third-order valence-electron chi connectivity index (χ3n) is 11.8. The van der Waals surface area contributed by atoms with Crippen LogP contribution in [0.2, 0.25) is 0 Å². The van der Waals surface area contributed by atoms with E-state index in [-0.39, 0.29) is 70.7 Å². The molecule has 7 aliphatic rings. The highest BCUT2D eigenvalue weighted by atomic mass is 79.9. The molecule has 14 nitrogen and oxygen atoms in total. The molecule has 0 spiro atoms. The average molecular weight is 2590 g/mol. The Balaban J connectivity index is 0.000000546. The van der Waals surface area contributed by atoms with Gasteiger partial charge in [-0.3, -0.25) is 0 Å². The minimum atomic E-state index is -0.340. The first-order valence-electron chi connectivity index (χ1n) is 27.2. The van der Waals surface area contributed by atoms with E-state index in [1.165, 1.54) is 31.8 Å². The lowest BCUT2D eigenvalue weighted by Gasteiger charge is -2.08. The number of esters is 7. The van der Waals surface area contributed by atoms with Crippen LogP contribution in [0.1, 0.15) is 119 Å². The van der Waals surface area contributed by atoms with Crippen LogP contribution in [0.3, 0.4) is 0 Å². The number of allylic oxidation sites excluding steroid dienone is 7. The second kappa shape index (κ2) is 49.8. The summed E-state index contributed by atoms with van der Waals surface area (Å²) in [7, 11) is 0. The molecule has 0 N–H and O–H groups in total.